The minimum Gasteiger partial charge on any atom is -0.493 e. The van der Waals surface area contributed by atoms with Gasteiger partial charge in [-0.25, -0.2) is 8.42 Å². The highest BCUT2D eigenvalue weighted by atomic mass is 35.7. The standard InChI is InChI=1S/C14H21ClO4S/c1-10(2)8-18-12-5-6-14(20(15,16)17)13(7-12)19-9-11(3)4/h5-7,10-11H,8-9H2,1-4H3. The summed E-state index contributed by atoms with van der Waals surface area (Å²) in [7, 11) is 1.57. The summed E-state index contributed by atoms with van der Waals surface area (Å²) in [6.45, 7) is 8.99. The normalized spacial score (nSPS) is 11.9. The third kappa shape index (κ3) is 5.59. The number of halogens is 1. The Bertz CT molecular complexity index is 538. The minimum atomic E-state index is -3.84. The fraction of sp³-hybridized carbons (Fsp3) is 0.571. The Labute approximate surface area is 125 Å². The van der Waals surface area contributed by atoms with Crippen molar-refractivity contribution in [2.24, 2.45) is 11.8 Å². The van der Waals surface area contributed by atoms with Gasteiger partial charge in [-0.15, -0.1) is 0 Å². The van der Waals surface area contributed by atoms with E-state index in [0.29, 0.717) is 24.9 Å². The molecule has 0 N–H and O–H groups in total. The van der Waals surface area contributed by atoms with Crippen molar-refractivity contribution in [2.45, 2.75) is 32.6 Å². The third-order valence-electron chi connectivity index (χ3n) is 2.33. The van der Waals surface area contributed by atoms with Gasteiger partial charge in [0.05, 0.1) is 13.2 Å². The summed E-state index contributed by atoms with van der Waals surface area (Å²) in [5, 5.41) is 0. The Hall–Kier alpha value is -0.940. The summed E-state index contributed by atoms with van der Waals surface area (Å²) in [5.74, 6) is 1.46. The van der Waals surface area contributed by atoms with Crippen LogP contribution in [0.25, 0.3) is 0 Å². The minimum absolute atomic E-state index is 0.0308. The number of hydrogen-bond acceptors (Lipinski definition) is 4. The van der Waals surface area contributed by atoms with E-state index in [1.165, 1.54) is 6.07 Å². The molecule has 0 radical (unpaired) electrons. The molecule has 114 valence electrons. The maximum atomic E-state index is 11.5. The van der Waals surface area contributed by atoms with E-state index in [1.54, 1.807) is 12.1 Å². The van der Waals surface area contributed by atoms with Gasteiger partial charge in [-0.1, -0.05) is 27.7 Å². The largest absolute Gasteiger partial charge is 0.493 e. The molecule has 0 bridgehead atoms. The maximum Gasteiger partial charge on any atom is 0.264 e. The molecule has 0 amide bonds. The summed E-state index contributed by atoms with van der Waals surface area (Å²) < 4.78 is 34.1. The molecule has 1 rings (SSSR count). The lowest BCUT2D eigenvalue weighted by Crippen LogP contribution is -2.08. The average Bonchev–Trinajstić information content (AvgIpc) is 2.32. The first-order valence-electron chi connectivity index (χ1n) is 6.54. The van der Waals surface area contributed by atoms with Crippen LogP contribution >= 0.6 is 10.7 Å². The molecule has 0 heterocycles. The van der Waals surface area contributed by atoms with Crippen LogP contribution in [-0.2, 0) is 9.05 Å². The average molecular weight is 321 g/mol. The van der Waals surface area contributed by atoms with Gasteiger partial charge in [-0.2, -0.15) is 0 Å². The summed E-state index contributed by atoms with van der Waals surface area (Å²) in [5.41, 5.74) is 0. The highest BCUT2D eigenvalue weighted by Crippen LogP contribution is 2.31. The van der Waals surface area contributed by atoms with Gasteiger partial charge < -0.3 is 9.47 Å². The molecular weight excluding hydrogens is 300 g/mol. The quantitative estimate of drug-likeness (QED) is 0.719. The first-order chi connectivity index (χ1) is 9.20. The Morgan fingerprint density at radius 3 is 2.10 bits per heavy atom. The van der Waals surface area contributed by atoms with Crippen LogP contribution in [0.3, 0.4) is 0 Å². The summed E-state index contributed by atoms with van der Waals surface area (Å²) in [4.78, 5) is -0.0308. The van der Waals surface area contributed by atoms with Crippen molar-refractivity contribution in [3.63, 3.8) is 0 Å². The number of rotatable bonds is 7. The van der Waals surface area contributed by atoms with Gasteiger partial charge in [0.2, 0.25) is 0 Å². The van der Waals surface area contributed by atoms with Crippen molar-refractivity contribution in [3.8, 4) is 11.5 Å². The van der Waals surface area contributed by atoms with E-state index >= 15 is 0 Å². The zero-order valence-electron chi connectivity index (χ0n) is 12.2. The predicted octanol–water partition coefficient (Wildman–Crippen LogP) is 3.68. The molecular formula is C14H21ClO4S. The summed E-state index contributed by atoms with van der Waals surface area (Å²) >= 11 is 0. The molecule has 0 fully saturated rings. The molecule has 1 aromatic carbocycles. The van der Waals surface area contributed by atoms with E-state index in [4.69, 9.17) is 20.2 Å². The van der Waals surface area contributed by atoms with Crippen LogP contribution in [-0.4, -0.2) is 21.6 Å². The maximum absolute atomic E-state index is 11.5. The Morgan fingerprint density at radius 2 is 1.60 bits per heavy atom. The lowest BCUT2D eigenvalue weighted by Gasteiger charge is -2.14. The van der Waals surface area contributed by atoms with Gasteiger partial charge in [0.15, 0.2) is 0 Å². The van der Waals surface area contributed by atoms with Gasteiger partial charge in [0, 0.05) is 16.7 Å². The van der Waals surface area contributed by atoms with Gasteiger partial charge in [-0.3, -0.25) is 0 Å². The van der Waals surface area contributed by atoms with Crippen LogP contribution in [0.2, 0.25) is 0 Å². The number of hydrogen-bond donors (Lipinski definition) is 0. The van der Waals surface area contributed by atoms with E-state index in [9.17, 15) is 8.42 Å². The summed E-state index contributed by atoms with van der Waals surface area (Å²) in [6, 6.07) is 4.56. The van der Waals surface area contributed by atoms with Crippen molar-refractivity contribution in [1.82, 2.24) is 0 Å². The Morgan fingerprint density at radius 1 is 1.05 bits per heavy atom. The van der Waals surface area contributed by atoms with Crippen molar-refractivity contribution >= 4 is 19.7 Å². The molecule has 0 spiro atoms. The monoisotopic (exact) mass is 320 g/mol. The predicted molar refractivity (Wildman–Crippen MR) is 80.1 cm³/mol. The molecule has 0 saturated carbocycles. The van der Waals surface area contributed by atoms with Crippen LogP contribution in [0.15, 0.2) is 23.1 Å². The lowest BCUT2D eigenvalue weighted by molar-refractivity contribution is 0.253. The molecule has 0 aromatic heterocycles. The fourth-order valence-corrected chi connectivity index (χ4v) is 2.38. The molecule has 0 aliphatic heterocycles. The molecule has 0 aliphatic rings. The molecule has 6 heteroatoms. The molecule has 1 aromatic rings. The van der Waals surface area contributed by atoms with Crippen LogP contribution in [0.4, 0.5) is 0 Å². The van der Waals surface area contributed by atoms with E-state index in [-0.39, 0.29) is 16.6 Å². The van der Waals surface area contributed by atoms with Crippen molar-refractivity contribution in [1.29, 1.82) is 0 Å². The Kier molecular flexibility index (Phi) is 6.14. The zero-order chi connectivity index (χ0) is 15.3. The number of benzene rings is 1. The number of ether oxygens (including phenoxy) is 2. The van der Waals surface area contributed by atoms with E-state index in [1.807, 2.05) is 27.7 Å². The highest BCUT2D eigenvalue weighted by molar-refractivity contribution is 8.13. The van der Waals surface area contributed by atoms with Crippen molar-refractivity contribution in [3.05, 3.63) is 18.2 Å². The molecule has 0 saturated heterocycles. The molecule has 20 heavy (non-hydrogen) atoms. The Balaban J connectivity index is 3.02. The topological polar surface area (TPSA) is 52.6 Å². The molecule has 4 nitrogen and oxygen atoms in total. The second kappa shape index (κ2) is 7.18. The second-order valence-electron chi connectivity index (χ2n) is 5.46. The van der Waals surface area contributed by atoms with Crippen molar-refractivity contribution in [2.75, 3.05) is 13.2 Å². The molecule has 0 unspecified atom stereocenters. The van der Waals surface area contributed by atoms with E-state index in [2.05, 4.69) is 0 Å². The second-order valence-corrected chi connectivity index (χ2v) is 7.99. The van der Waals surface area contributed by atoms with Crippen molar-refractivity contribution < 1.29 is 17.9 Å². The van der Waals surface area contributed by atoms with Crippen LogP contribution < -0.4 is 9.47 Å². The van der Waals surface area contributed by atoms with Gasteiger partial charge in [0.25, 0.3) is 9.05 Å². The highest BCUT2D eigenvalue weighted by Gasteiger charge is 2.18. The van der Waals surface area contributed by atoms with Gasteiger partial charge in [-0.05, 0) is 24.0 Å². The zero-order valence-corrected chi connectivity index (χ0v) is 13.8. The SMILES string of the molecule is CC(C)COc1ccc(S(=O)(=O)Cl)c(OCC(C)C)c1. The van der Waals surface area contributed by atoms with Crippen LogP contribution in [0, 0.1) is 11.8 Å². The van der Waals surface area contributed by atoms with E-state index < -0.39 is 9.05 Å². The lowest BCUT2D eigenvalue weighted by atomic mass is 10.2. The van der Waals surface area contributed by atoms with Gasteiger partial charge in [0.1, 0.15) is 16.4 Å². The third-order valence-corrected chi connectivity index (χ3v) is 3.69. The fourth-order valence-electron chi connectivity index (χ4n) is 1.41. The summed E-state index contributed by atoms with van der Waals surface area (Å²) in [6.07, 6.45) is 0. The molecule has 0 atom stereocenters. The van der Waals surface area contributed by atoms with Gasteiger partial charge >= 0.3 is 0 Å². The first kappa shape index (κ1) is 17.1. The first-order valence-corrected chi connectivity index (χ1v) is 8.85. The van der Waals surface area contributed by atoms with Crippen LogP contribution in [0.1, 0.15) is 27.7 Å². The van der Waals surface area contributed by atoms with E-state index in [0.717, 1.165) is 0 Å². The molecule has 0 aliphatic carbocycles. The van der Waals surface area contributed by atoms with Crippen LogP contribution in [0.5, 0.6) is 11.5 Å². The smallest absolute Gasteiger partial charge is 0.264 e.